The van der Waals surface area contributed by atoms with E-state index in [0.29, 0.717) is 35.6 Å². The van der Waals surface area contributed by atoms with Gasteiger partial charge in [-0.2, -0.15) is 5.26 Å². The lowest BCUT2D eigenvalue weighted by molar-refractivity contribution is 1.02. The zero-order chi connectivity index (χ0) is 15.5. The molecule has 2 aromatic rings. The molecule has 1 aliphatic heterocycles. The summed E-state index contributed by atoms with van der Waals surface area (Å²) >= 11 is 0. The molecule has 0 radical (unpaired) electrons. The second-order valence-electron chi connectivity index (χ2n) is 5.12. The molecule has 22 heavy (non-hydrogen) atoms. The van der Waals surface area contributed by atoms with Gasteiger partial charge in [-0.05, 0) is 18.6 Å². The fourth-order valence-electron chi connectivity index (χ4n) is 2.28. The maximum atomic E-state index is 12.1. The smallest absolute Gasteiger partial charge is 0.255 e. The first-order valence-electron chi connectivity index (χ1n) is 6.99. The molecule has 2 heterocycles. The molecule has 5 heteroatoms. The molecule has 0 amide bonds. The number of pyridine rings is 1. The van der Waals surface area contributed by atoms with E-state index in [-0.39, 0.29) is 5.56 Å². The number of hydrogen-bond acceptors (Lipinski definition) is 4. The van der Waals surface area contributed by atoms with E-state index >= 15 is 0 Å². The zero-order valence-electron chi connectivity index (χ0n) is 12.1. The van der Waals surface area contributed by atoms with Crippen molar-refractivity contribution in [2.75, 3.05) is 6.54 Å². The highest BCUT2D eigenvalue weighted by atomic mass is 16.1. The van der Waals surface area contributed by atoms with Crippen LogP contribution in [0.4, 0.5) is 0 Å². The second kappa shape index (κ2) is 5.78. The van der Waals surface area contributed by atoms with Crippen molar-refractivity contribution in [3.05, 3.63) is 58.0 Å². The number of benzene rings is 1. The SMILES string of the molecule is Cc1ccc(-c2cc(C3=NCCC(C#N)=N3)c[nH]c2=O)cc1. The summed E-state index contributed by atoms with van der Waals surface area (Å²) < 4.78 is 0. The highest BCUT2D eigenvalue weighted by Crippen LogP contribution is 2.18. The number of aryl methyl sites for hydroxylation is 1. The third-order valence-corrected chi connectivity index (χ3v) is 3.50. The Morgan fingerprint density at radius 1 is 1.23 bits per heavy atom. The summed E-state index contributed by atoms with van der Waals surface area (Å²) in [6.07, 6.45) is 2.15. The molecular formula is C17H14N4O. The molecule has 0 unspecified atom stereocenters. The van der Waals surface area contributed by atoms with Crippen molar-refractivity contribution in [1.29, 1.82) is 5.26 Å². The van der Waals surface area contributed by atoms with Crippen LogP contribution in [0, 0.1) is 18.3 Å². The minimum Gasteiger partial charge on any atom is -0.328 e. The van der Waals surface area contributed by atoms with Crippen LogP contribution in [0.3, 0.4) is 0 Å². The van der Waals surface area contributed by atoms with E-state index in [9.17, 15) is 4.79 Å². The van der Waals surface area contributed by atoms with Crippen molar-refractivity contribution in [1.82, 2.24) is 4.98 Å². The van der Waals surface area contributed by atoms with Gasteiger partial charge in [0.1, 0.15) is 11.8 Å². The van der Waals surface area contributed by atoms with Crippen LogP contribution >= 0.6 is 0 Å². The number of aliphatic imine (C=N–C) groups is 2. The van der Waals surface area contributed by atoms with Gasteiger partial charge in [-0.15, -0.1) is 0 Å². The Balaban J connectivity index is 2.06. The third kappa shape index (κ3) is 2.72. The Hall–Kier alpha value is -3.00. The molecule has 0 atom stereocenters. The van der Waals surface area contributed by atoms with E-state index in [0.717, 1.165) is 11.1 Å². The van der Waals surface area contributed by atoms with E-state index in [4.69, 9.17) is 5.26 Å². The number of nitriles is 1. The summed E-state index contributed by atoms with van der Waals surface area (Å²) in [6, 6.07) is 11.6. The molecule has 1 N–H and O–H groups in total. The monoisotopic (exact) mass is 290 g/mol. The first kappa shape index (κ1) is 14.0. The molecule has 0 aliphatic carbocycles. The van der Waals surface area contributed by atoms with Crippen LogP contribution in [0.5, 0.6) is 0 Å². The van der Waals surface area contributed by atoms with Gasteiger partial charge in [-0.1, -0.05) is 29.8 Å². The van der Waals surface area contributed by atoms with Crippen LogP contribution in [0.15, 0.2) is 51.3 Å². The minimum absolute atomic E-state index is 0.159. The molecule has 1 aromatic carbocycles. The number of nitrogens with one attached hydrogen (secondary N) is 1. The van der Waals surface area contributed by atoms with Crippen molar-refractivity contribution in [3.8, 4) is 17.2 Å². The fraction of sp³-hybridized carbons (Fsp3) is 0.176. The van der Waals surface area contributed by atoms with Gasteiger partial charge in [0.2, 0.25) is 0 Å². The van der Waals surface area contributed by atoms with Gasteiger partial charge in [-0.3, -0.25) is 9.79 Å². The summed E-state index contributed by atoms with van der Waals surface area (Å²) in [5.74, 6) is 0.493. The molecule has 5 nitrogen and oxygen atoms in total. The summed E-state index contributed by atoms with van der Waals surface area (Å²) in [5, 5.41) is 8.96. The van der Waals surface area contributed by atoms with Crippen molar-refractivity contribution in [2.24, 2.45) is 9.98 Å². The van der Waals surface area contributed by atoms with Crippen LogP contribution in [-0.2, 0) is 0 Å². The first-order chi connectivity index (χ1) is 10.7. The van der Waals surface area contributed by atoms with Gasteiger partial charge in [0.25, 0.3) is 5.56 Å². The number of amidine groups is 1. The van der Waals surface area contributed by atoms with E-state index < -0.39 is 0 Å². The Kier molecular flexibility index (Phi) is 3.67. The number of aromatic nitrogens is 1. The molecular weight excluding hydrogens is 276 g/mol. The molecule has 0 saturated carbocycles. The number of hydrogen-bond donors (Lipinski definition) is 1. The van der Waals surface area contributed by atoms with Gasteiger partial charge in [-0.25, -0.2) is 4.99 Å². The highest BCUT2D eigenvalue weighted by Gasteiger charge is 2.12. The molecule has 1 aliphatic rings. The van der Waals surface area contributed by atoms with Gasteiger partial charge in [0.15, 0.2) is 5.84 Å². The molecule has 108 valence electrons. The first-order valence-corrected chi connectivity index (χ1v) is 6.99. The predicted octanol–water partition coefficient (Wildman–Crippen LogP) is 2.47. The normalized spacial score (nSPS) is 14.0. The van der Waals surface area contributed by atoms with Gasteiger partial charge in [0.05, 0.1) is 0 Å². The van der Waals surface area contributed by atoms with E-state index in [1.54, 1.807) is 12.3 Å². The second-order valence-corrected chi connectivity index (χ2v) is 5.12. The number of rotatable bonds is 2. The van der Waals surface area contributed by atoms with Gasteiger partial charge < -0.3 is 4.98 Å². The third-order valence-electron chi connectivity index (χ3n) is 3.50. The van der Waals surface area contributed by atoms with Crippen LogP contribution < -0.4 is 5.56 Å². The van der Waals surface area contributed by atoms with Crippen molar-refractivity contribution >= 4 is 11.5 Å². The van der Waals surface area contributed by atoms with Crippen molar-refractivity contribution in [3.63, 3.8) is 0 Å². The van der Waals surface area contributed by atoms with Crippen LogP contribution in [0.2, 0.25) is 0 Å². The Morgan fingerprint density at radius 3 is 2.73 bits per heavy atom. The summed E-state index contributed by atoms with van der Waals surface area (Å²) in [4.78, 5) is 23.4. The van der Waals surface area contributed by atoms with Crippen molar-refractivity contribution in [2.45, 2.75) is 13.3 Å². The van der Waals surface area contributed by atoms with Crippen LogP contribution in [0.1, 0.15) is 17.5 Å². The molecule has 0 saturated heterocycles. The number of aromatic amines is 1. The zero-order valence-corrected chi connectivity index (χ0v) is 12.1. The standard InChI is InChI=1S/C17H14N4O/c1-11-2-4-12(5-3-11)15-8-13(10-20-17(15)22)16-19-7-6-14(9-18)21-16/h2-5,8,10H,6-7H2,1H3,(H,20,22). The van der Waals surface area contributed by atoms with Crippen molar-refractivity contribution < 1.29 is 0 Å². The van der Waals surface area contributed by atoms with Gasteiger partial charge in [0, 0.05) is 30.3 Å². The molecule has 1 aromatic heterocycles. The molecule has 3 rings (SSSR count). The summed E-state index contributed by atoms with van der Waals surface area (Å²) in [7, 11) is 0. The average Bonchev–Trinajstić information content (AvgIpc) is 2.56. The maximum absolute atomic E-state index is 12.1. The highest BCUT2D eigenvalue weighted by molar-refractivity contribution is 6.13. The minimum atomic E-state index is -0.159. The van der Waals surface area contributed by atoms with Crippen LogP contribution in [0.25, 0.3) is 11.1 Å². The lowest BCUT2D eigenvalue weighted by Gasteiger charge is -2.09. The molecule has 0 fully saturated rings. The largest absolute Gasteiger partial charge is 0.328 e. The number of H-pyrrole nitrogens is 1. The summed E-state index contributed by atoms with van der Waals surface area (Å²) in [6.45, 7) is 2.54. The maximum Gasteiger partial charge on any atom is 0.255 e. The Labute approximate surface area is 127 Å². The lowest BCUT2D eigenvalue weighted by atomic mass is 10.0. The quantitative estimate of drug-likeness (QED) is 0.921. The fourth-order valence-corrected chi connectivity index (χ4v) is 2.28. The molecule has 0 bridgehead atoms. The topological polar surface area (TPSA) is 81.4 Å². The number of nitrogens with zero attached hydrogens (tertiary/aromatic N) is 3. The van der Waals surface area contributed by atoms with Gasteiger partial charge >= 0.3 is 0 Å². The Bertz CT molecular complexity index is 867. The van der Waals surface area contributed by atoms with Crippen LogP contribution in [-0.4, -0.2) is 23.1 Å². The average molecular weight is 290 g/mol. The van der Waals surface area contributed by atoms with E-state index in [1.807, 2.05) is 31.2 Å². The lowest BCUT2D eigenvalue weighted by Crippen LogP contribution is -2.15. The summed E-state index contributed by atoms with van der Waals surface area (Å²) in [5.41, 5.74) is 3.56. The predicted molar refractivity (Wildman–Crippen MR) is 86.3 cm³/mol. The van der Waals surface area contributed by atoms with E-state index in [2.05, 4.69) is 21.0 Å². The molecule has 0 spiro atoms. The Morgan fingerprint density at radius 2 is 2.00 bits per heavy atom. The van der Waals surface area contributed by atoms with E-state index in [1.165, 1.54) is 0 Å².